The highest BCUT2D eigenvalue weighted by Gasteiger charge is 1.92. The maximum Gasteiger partial charge on any atom is -0.0238 e. The fourth-order valence-electron chi connectivity index (χ4n) is 1.36. The first kappa shape index (κ1) is 9.31. The molecule has 1 radical (unpaired) electrons. The Labute approximate surface area is 75.6 Å². The van der Waals surface area contributed by atoms with Crippen LogP contribution in [0.2, 0.25) is 0 Å². The van der Waals surface area contributed by atoms with Gasteiger partial charge in [0.05, 0.1) is 0 Å². The van der Waals surface area contributed by atoms with Crippen molar-refractivity contribution in [1.82, 2.24) is 0 Å². The molecule has 0 bridgehead atoms. The standard InChI is InChI=1S/C12H17/c1-3-4-5-8-12-9-6-7-11(2)10-12/h6-7,9-10H,2-5,8H2,1H3. The second kappa shape index (κ2) is 4.97. The molecule has 0 spiro atoms. The van der Waals surface area contributed by atoms with Gasteiger partial charge in [-0.2, -0.15) is 0 Å². The van der Waals surface area contributed by atoms with Crippen molar-refractivity contribution in [1.29, 1.82) is 0 Å². The van der Waals surface area contributed by atoms with Gasteiger partial charge in [0, 0.05) is 0 Å². The van der Waals surface area contributed by atoms with Crippen molar-refractivity contribution >= 4 is 0 Å². The molecular formula is C12H17. The third-order valence-electron chi connectivity index (χ3n) is 2.06. The lowest BCUT2D eigenvalue weighted by Gasteiger charge is -2.00. The molecule has 0 N–H and O–H groups in total. The highest BCUT2D eigenvalue weighted by Crippen LogP contribution is 2.08. The average Bonchev–Trinajstić information content (AvgIpc) is 2.05. The molecule has 0 unspecified atom stereocenters. The molecule has 0 aliphatic carbocycles. The van der Waals surface area contributed by atoms with Gasteiger partial charge >= 0.3 is 0 Å². The van der Waals surface area contributed by atoms with Gasteiger partial charge < -0.3 is 0 Å². The summed E-state index contributed by atoms with van der Waals surface area (Å²) in [6.07, 6.45) is 5.14. The zero-order chi connectivity index (χ0) is 8.81. The molecule has 0 atom stereocenters. The molecule has 12 heavy (non-hydrogen) atoms. The van der Waals surface area contributed by atoms with Crippen LogP contribution in [-0.2, 0) is 6.42 Å². The molecule has 0 aromatic heterocycles. The van der Waals surface area contributed by atoms with E-state index in [1.54, 1.807) is 0 Å². The molecule has 0 saturated heterocycles. The topological polar surface area (TPSA) is 0 Å². The largest absolute Gasteiger partial charge is 0.0654 e. The predicted octanol–water partition coefficient (Wildman–Crippen LogP) is 3.60. The van der Waals surface area contributed by atoms with E-state index in [1.807, 2.05) is 6.07 Å². The lowest BCUT2D eigenvalue weighted by Crippen LogP contribution is -1.85. The van der Waals surface area contributed by atoms with Crippen LogP contribution in [0.1, 0.15) is 37.3 Å². The van der Waals surface area contributed by atoms with E-state index >= 15 is 0 Å². The molecule has 65 valence electrons. The second-order valence-electron chi connectivity index (χ2n) is 3.28. The Morgan fingerprint density at radius 1 is 1.25 bits per heavy atom. The highest BCUT2D eigenvalue weighted by atomic mass is 14.0. The molecule has 0 amide bonds. The molecule has 0 aliphatic heterocycles. The third-order valence-corrected chi connectivity index (χ3v) is 2.06. The lowest BCUT2D eigenvalue weighted by atomic mass is 10.1. The van der Waals surface area contributed by atoms with Crippen LogP contribution in [0.5, 0.6) is 0 Å². The Balaban J connectivity index is 2.41. The zero-order valence-electron chi connectivity index (χ0n) is 7.84. The Morgan fingerprint density at radius 3 is 2.75 bits per heavy atom. The number of rotatable bonds is 4. The molecule has 1 rings (SSSR count). The first-order valence-corrected chi connectivity index (χ1v) is 4.74. The summed E-state index contributed by atoms with van der Waals surface area (Å²) in [6, 6.07) is 8.49. The van der Waals surface area contributed by atoms with Crippen LogP contribution in [-0.4, -0.2) is 0 Å². The van der Waals surface area contributed by atoms with Crippen LogP contribution in [0.15, 0.2) is 24.3 Å². The third kappa shape index (κ3) is 3.08. The number of unbranched alkanes of at least 4 members (excludes halogenated alkanes) is 2. The lowest BCUT2D eigenvalue weighted by molar-refractivity contribution is 0.717. The summed E-state index contributed by atoms with van der Waals surface area (Å²) < 4.78 is 0. The Hall–Kier alpha value is -0.780. The normalized spacial score (nSPS) is 10.2. The van der Waals surface area contributed by atoms with Crippen molar-refractivity contribution in [2.24, 2.45) is 0 Å². The second-order valence-corrected chi connectivity index (χ2v) is 3.28. The molecule has 1 aromatic carbocycles. The maximum absolute atomic E-state index is 3.91. The van der Waals surface area contributed by atoms with Gasteiger partial charge in [0.1, 0.15) is 0 Å². The Kier molecular flexibility index (Phi) is 3.86. The van der Waals surface area contributed by atoms with E-state index in [1.165, 1.54) is 31.2 Å². The molecule has 0 aliphatic rings. The molecule has 0 heteroatoms. The summed E-state index contributed by atoms with van der Waals surface area (Å²) in [7, 11) is 0. The van der Waals surface area contributed by atoms with Gasteiger partial charge in [-0.3, -0.25) is 0 Å². The number of benzene rings is 1. The molecular weight excluding hydrogens is 144 g/mol. The fraction of sp³-hybridized carbons (Fsp3) is 0.417. The van der Waals surface area contributed by atoms with Crippen LogP contribution < -0.4 is 0 Å². The van der Waals surface area contributed by atoms with Crippen LogP contribution >= 0.6 is 0 Å². The number of hydrogen-bond acceptors (Lipinski definition) is 0. The van der Waals surface area contributed by atoms with E-state index in [0.717, 1.165) is 5.56 Å². The van der Waals surface area contributed by atoms with Crippen LogP contribution in [0.3, 0.4) is 0 Å². The van der Waals surface area contributed by atoms with E-state index in [9.17, 15) is 0 Å². The molecule has 0 heterocycles. The molecule has 1 aromatic rings. The van der Waals surface area contributed by atoms with Crippen LogP contribution in [0.25, 0.3) is 0 Å². The maximum atomic E-state index is 3.91. The van der Waals surface area contributed by atoms with E-state index in [-0.39, 0.29) is 0 Å². The van der Waals surface area contributed by atoms with Crippen molar-refractivity contribution in [3.05, 3.63) is 42.3 Å². The van der Waals surface area contributed by atoms with Gasteiger partial charge in [0.2, 0.25) is 0 Å². The van der Waals surface area contributed by atoms with Gasteiger partial charge in [-0.1, -0.05) is 44.0 Å². The van der Waals surface area contributed by atoms with Gasteiger partial charge in [0.15, 0.2) is 0 Å². The average molecular weight is 161 g/mol. The zero-order valence-corrected chi connectivity index (χ0v) is 7.84. The summed E-state index contributed by atoms with van der Waals surface area (Å²) in [5.41, 5.74) is 2.56. The van der Waals surface area contributed by atoms with Gasteiger partial charge in [-0.05, 0) is 30.9 Å². The van der Waals surface area contributed by atoms with Crippen LogP contribution in [0.4, 0.5) is 0 Å². The van der Waals surface area contributed by atoms with Crippen molar-refractivity contribution < 1.29 is 0 Å². The number of hydrogen-bond donors (Lipinski definition) is 0. The van der Waals surface area contributed by atoms with Gasteiger partial charge in [-0.25, -0.2) is 0 Å². The fourth-order valence-corrected chi connectivity index (χ4v) is 1.36. The van der Waals surface area contributed by atoms with Gasteiger partial charge in [-0.15, -0.1) is 0 Å². The van der Waals surface area contributed by atoms with E-state index in [0.29, 0.717) is 0 Å². The quantitative estimate of drug-likeness (QED) is 0.592. The SMILES string of the molecule is [CH2]c1cccc(CCCCC)c1. The first-order valence-electron chi connectivity index (χ1n) is 4.74. The summed E-state index contributed by atoms with van der Waals surface area (Å²) >= 11 is 0. The van der Waals surface area contributed by atoms with Crippen molar-refractivity contribution in [2.75, 3.05) is 0 Å². The van der Waals surface area contributed by atoms with Crippen molar-refractivity contribution in [3.8, 4) is 0 Å². The minimum absolute atomic E-state index is 1.13. The Bertz CT molecular complexity index is 225. The minimum Gasteiger partial charge on any atom is -0.0654 e. The summed E-state index contributed by atoms with van der Waals surface area (Å²) in [4.78, 5) is 0. The summed E-state index contributed by atoms with van der Waals surface area (Å²) in [5.74, 6) is 0. The minimum atomic E-state index is 1.13. The van der Waals surface area contributed by atoms with Crippen molar-refractivity contribution in [2.45, 2.75) is 32.6 Å². The highest BCUT2D eigenvalue weighted by molar-refractivity contribution is 5.25. The smallest absolute Gasteiger partial charge is 0.0238 e. The van der Waals surface area contributed by atoms with Gasteiger partial charge in [0.25, 0.3) is 0 Å². The summed E-state index contributed by atoms with van der Waals surface area (Å²) in [5, 5.41) is 0. The Morgan fingerprint density at radius 2 is 2.08 bits per heavy atom. The molecule has 0 saturated carbocycles. The summed E-state index contributed by atoms with van der Waals surface area (Å²) in [6.45, 7) is 6.14. The monoisotopic (exact) mass is 161 g/mol. The first-order chi connectivity index (χ1) is 5.83. The number of aryl methyl sites for hydroxylation is 1. The molecule has 0 nitrogen and oxygen atoms in total. The molecule has 0 fully saturated rings. The van der Waals surface area contributed by atoms with Crippen LogP contribution in [0, 0.1) is 6.92 Å². The van der Waals surface area contributed by atoms with E-state index in [4.69, 9.17) is 0 Å². The van der Waals surface area contributed by atoms with Crippen molar-refractivity contribution in [3.63, 3.8) is 0 Å². The predicted molar refractivity (Wildman–Crippen MR) is 54.1 cm³/mol. The van der Waals surface area contributed by atoms with E-state index in [2.05, 4.69) is 32.0 Å². The van der Waals surface area contributed by atoms with E-state index < -0.39 is 0 Å².